The summed E-state index contributed by atoms with van der Waals surface area (Å²) in [6, 6.07) is 6.86. The van der Waals surface area contributed by atoms with Gasteiger partial charge in [-0.3, -0.25) is 4.79 Å². The van der Waals surface area contributed by atoms with Crippen LogP contribution >= 0.6 is 0 Å². The number of anilines is 1. The molecule has 8 heteroatoms. The van der Waals surface area contributed by atoms with Crippen LogP contribution in [0, 0.1) is 0 Å². The number of carbonyl (C=O) groups is 1. The minimum atomic E-state index is -3.04. The van der Waals surface area contributed by atoms with E-state index in [2.05, 4.69) is 10.3 Å². The summed E-state index contributed by atoms with van der Waals surface area (Å²) in [6.45, 7) is 2.84. The van der Waals surface area contributed by atoms with Crippen molar-refractivity contribution >= 4 is 21.4 Å². The number of carbonyl (C=O) groups excluding carboxylic acids is 1. The van der Waals surface area contributed by atoms with Crippen molar-refractivity contribution in [2.45, 2.75) is 25.9 Å². The molecule has 0 radical (unpaired) electrons. The van der Waals surface area contributed by atoms with Gasteiger partial charge in [0.05, 0.1) is 36.2 Å². The normalized spacial score (nSPS) is 18.8. The summed E-state index contributed by atoms with van der Waals surface area (Å²) in [5, 5.41) is 3.16. The minimum Gasteiger partial charge on any atom is -0.467 e. The van der Waals surface area contributed by atoms with Crippen LogP contribution < -0.4 is 5.32 Å². The Morgan fingerprint density at radius 3 is 2.80 bits per heavy atom. The van der Waals surface area contributed by atoms with E-state index >= 15 is 0 Å². The molecule has 1 saturated heterocycles. The van der Waals surface area contributed by atoms with Gasteiger partial charge in [-0.2, -0.15) is 0 Å². The molecule has 0 aliphatic carbocycles. The topological polar surface area (TPSA) is 92.5 Å². The van der Waals surface area contributed by atoms with Crippen molar-refractivity contribution in [2.24, 2.45) is 0 Å². The lowest BCUT2D eigenvalue weighted by Gasteiger charge is -2.26. The Kier molecular flexibility index (Phi) is 5.08. The molecule has 1 fully saturated rings. The number of hydrogen-bond acceptors (Lipinski definition) is 6. The maximum absolute atomic E-state index is 12.7. The van der Waals surface area contributed by atoms with E-state index in [1.807, 2.05) is 19.1 Å². The molecule has 1 aliphatic heterocycles. The zero-order chi connectivity index (χ0) is 17.9. The number of nitrogens with one attached hydrogen (secondary N) is 1. The first-order valence-corrected chi connectivity index (χ1v) is 10.0. The van der Waals surface area contributed by atoms with Crippen LogP contribution in [0.25, 0.3) is 0 Å². The second-order valence-electron chi connectivity index (χ2n) is 6.01. The third-order valence-corrected chi connectivity index (χ3v) is 6.03. The second-order valence-corrected chi connectivity index (χ2v) is 8.24. The Morgan fingerprint density at radius 1 is 1.40 bits per heavy atom. The van der Waals surface area contributed by atoms with Crippen molar-refractivity contribution in [3.63, 3.8) is 0 Å². The van der Waals surface area contributed by atoms with E-state index in [4.69, 9.17) is 4.42 Å². The monoisotopic (exact) mass is 363 g/mol. The zero-order valence-electron chi connectivity index (χ0n) is 14.0. The van der Waals surface area contributed by atoms with Gasteiger partial charge in [-0.1, -0.05) is 0 Å². The van der Waals surface area contributed by atoms with Crippen molar-refractivity contribution in [2.75, 3.05) is 23.4 Å². The van der Waals surface area contributed by atoms with Crippen molar-refractivity contribution < 1.29 is 17.6 Å². The van der Waals surface area contributed by atoms with Gasteiger partial charge in [0.2, 0.25) is 0 Å². The summed E-state index contributed by atoms with van der Waals surface area (Å²) in [4.78, 5) is 18.5. The fourth-order valence-corrected chi connectivity index (χ4v) is 4.69. The number of hydrogen-bond donors (Lipinski definition) is 1. The molecule has 1 N–H and O–H groups in total. The fourth-order valence-electron chi connectivity index (χ4n) is 2.96. The van der Waals surface area contributed by atoms with Crippen LogP contribution in [-0.4, -0.2) is 48.3 Å². The highest BCUT2D eigenvalue weighted by Gasteiger charge is 2.34. The Hall–Kier alpha value is -2.35. The second kappa shape index (κ2) is 7.26. The first-order valence-electron chi connectivity index (χ1n) is 8.22. The van der Waals surface area contributed by atoms with E-state index in [1.165, 1.54) is 0 Å². The quantitative estimate of drug-likeness (QED) is 0.843. The molecule has 0 bridgehead atoms. The third-order valence-electron chi connectivity index (χ3n) is 4.28. The van der Waals surface area contributed by atoms with Crippen LogP contribution in [0.15, 0.2) is 41.1 Å². The number of rotatable bonds is 6. The summed E-state index contributed by atoms with van der Waals surface area (Å²) in [5.74, 6) is 0.752. The summed E-state index contributed by atoms with van der Waals surface area (Å²) in [5.41, 5.74) is 1.09. The van der Waals surface area contributed by atoms with E-state index in [1.54, 1.807) is 29.5 Å². The van der Waals surface area contributed by atoms with Crippen LogP contribution in [0.3, 0.4) is 0 Å². The first-order chi connectivity index (χ1) is 12.0. The molecule has 1 aliphatic rings. The molecule has 7 nitrogen and oxygen atoms in total. The van der Waals surface area contributed by atoms with Crippen molar-refractivity contribution in [3.05, 3.63) is 48.2 Å². The van der Waals surface area contributed by atoms with E-state index in [9.17, 15) is 13.2 Å². The van der Waals surface area contributed by atoms with E-state index < -0.39 is 9.84 Å². The summed E-state index contributed by atoms with van der Waals surface area (Å²) in [7, 11) is -3.04. The summed E-state index contributed by atoms with van der Waals surface area (Å²) in [6.07, 6.45) is 3.69. The minimum absolute atomic E-state index is 0.0371. The summed E-state index contributed by atoms with van der Waals surface area (Å²) >= 11 is 0. The lowest BCUT2D eigenvalue weighted by Crippen LogP contribution is -2.41. The van der Waals surface area contributed by atoms with Crippen molar-refractivity contribution in [3.8, 4) is 0 Å². The van der Waals surface area contributed by atoms with Gasteiger partial charge >= 0.3 is 0 Å². The average molecular weight is 363 g/mol. The fraction of sp³-hybridized carbons (Fsp3) is 0.412. The molecule has 1 atom stereocenters. The lowest BCUT2D eigenvalue weighted by molar-refractivity contribution is 0.0702. The highest BCUT2D eigenvalue weighted by atomic mass is 32.2. The van der Waals surface area contributed by atoms with Gasteiger partial charge in [0.25, 0.3) is 5.91 Å². The maximum Gasteiger partial charge on any atom is 0.272 e. The van der Waals surface area contributed by atoms with Gasteiger partial charge in [0.15, 0.2) is 9.84 Å². The number of sulfone groups is 1. The van der Waals surface area contributed by atoms with Gasteiger partial charge < -0.3 is 14.6 Å². The number of aromatic nitrogens is 1. The predicted octanol–water partition coefficient (Wildman–Crippen LogP) is 1.94. The first kappa shape index (κ1) is 17.5. The van der Waals surface area contributed by atoms with E-state index in [0.29, 0.717) is 25.2 Å². The SMILES string of the molecule is CCN(C(=O)c1ccc(NCc2ccco2)cn1)C1CCS(=O)(=O)C1. The zero-order valence-corrected chi connectivity index (χ0v) is 14.8. The van der Waals surface area contributed by atoms with E-state index in [-0.39, 0.29) is 23.5 Å². The van der Waals surface area contributed by atoms with Crippen molar-refractivity contribution in [1.82, 2.24) is 9.88 Å². The predicted molar refractivity (Wildman–Crippen MR) is 94.0 cm³/mol. The molecule has 1 unspecified atom stereocenters. The number of nitrogens with zero attached hydrogens (tertiary/aromatic N) is 2. The van der Waals surface area contributed by atoms with Gasteiger partial charge in [0.1, 0.15) is 11.5 Å². The number of amides is 1. The molecular formula is C17H21N3O4S. The Labute approximate surface area is 147 Å². The molecule has 134 valence electrons. The average Bonchev–Trinajstić information content (AvgIpc) is 3.23. The largest absolute Gasteiger partial charge is 0.467 e. The molecular weight excluding hydrogens is 342 g/mol. The van der Waals surface area contributed by atoms with Crippen LogP contribution in [0.5, 0.6) is 0 Å². The van der Waals surface area contributed by atoms with E-state index in [0.717, 1.165) is 11.4 Å². The van der Waals surface area contributed by atoms with Crippen LogP contribution in [0.2, 0.25) is 0 Å². The smallest absolute Gasteiger partial charge is 0.272 e. The number of pyridine rings is 1. The molecule has 0 aromatic carbocycles. The molecule has 0 spiro atoms. The molecule has 25 heavy (non-hydrogen) atoms. The Balaban J connectivity index is 1.65. The Morgan fingerprint density at radius 2 is 2.24 bits per heavy atom. The van der Waals surface area contributed by atoms with Gasteiger partial charge in [-0.05, 0) is 37.6 Å². The van der Waals surface area contributed by atoms with Gasteiger partial charge in [-0.25, -0.2) is 13.4 Å². The van der Waals surface area contributed by atoms with Gasteiger partial charge in [0, 0.05) is 12.6 Å². The van der Waals surface area contributed by atoms with Gasteiger partial charge in [-0.15, -0.1) is 0 Å². The molecule has 3 rings (SSSR count). The highest BCUT2D eigenvalue weighted by Crippen LogP contribution is 2.20. The molecule has 1 amide bonds. The van der Waals surface area contributed by atoms with Crippen molar-refractivity contribution in [1.29, 1.82) is 0 Å². The highest BCUT2D eigenvalue weighted by molar-refractivity contribution is 7.91. The molecule has 3 heterocycles. The van der Waals surface area contributed by atoms with Crippen LogP contribution in [0.4, 0.5) is 5.69 Å². The number of furan rings is 1. The standard InChI is InChI=1S/C17H21N3O4S/c1-2-20(14-7-9-25(22,23)12-14)17(21)16-6-5-13(10-19-16)18-11-15-4-3-8-24-15/h3-6,8,10,14,18H,2,7,9,11-12H2,1H3. The molecule has 2 aromatic heterocycles. The maximum atomic E-state index is 12.7. The summed E-state index contributed by atoms with van der Waals surface area (Å²) < 4.78 is 28.6. The third kappa shape index (κ3) is 4.19. The molecule has 0 saturated carbocycles. The lowest BCUT2D eigenvalue weighted by atomic mass is 10.2. The Bertz CT molecular complexity index is 816. The van der Waals surface area contributed by atoms with Crippen LogP contribution in [-0.2, 0) is 16.4 Å². The molecule has 2 aromatic rings. The van der Waals surface area contributed by atoms with Crippen LogP contribution in [0.1, 0.15) is 29.6 Å².